The van der Waals surface area contributed by atoms with Crippen molar-refractivity contribution in [2.75, 3.05) is 18.0 Å². The van der Waals surface area contributed by atoms with Crippen LogP contribution in [0.15, 0.2) is 83.8 Å². The molecule has 0 bridgehead atoms. The van der Waals surface area contributed by atoms with Gasteiger partial charge in [-0.1, -0.05) is 60.1 Å². The molecule has 1 amide bonds. The van der Waals surface area contributed by atoms with Crippen LogP contribution in [0.1, 0.15) is 5.56 Å². The number of hydrogen-bond donors (Lipinski definition) is 1. The normalized spacial score (nSPS) is 11.0. The first kappa shape index (κ1) is 21.7. The fraction of sp³-hybridized carbons (Fsp3) is 0.136. The maximum absolute atomic E-state index is 13.4. The molecule has 0 atom stereocenters. The number of amides is 1. The molecule has 0 aliphatic heterocycles. The lowest BCUT2D eigenvalue weighted by molar-refractivity contribution is -0.119. The second-order valence-corrected chi connectivity index (χ2v) is 8.70. The Morgan fingerprint density at radius 1 is 1.00 bits per heavy atom. The van der Waals surface area contributed by atoms with Gasteiger partial charge in [-0.2, -0.15) is 0 Å². The summed E-state index contributed by atoms with van der Waals surface area (Å²) < 4.78 is 33.1. The van der Waals surface area contributed by atoms with Gasteiger partial charge in [0.05, 0.1) is 17.7 Å². The SMILES string of the molecule is COc1ccc(Cl)cc1N(CC(=O)NCc1ccccc1)S(=O)(=O)c1ccccc1. The second kappa shape index (κ2) is 9.65. The smallest absolute Gasteiger partial charge is 0.264 e. The lowest BCUT2D eigenvalue weighted by Gasteiger charge is -2.26. The fourth-order valence-corrected chi connectivity index (χ4v) is 4.47. The number of carbonyl (C=O) groups excluding carboxylic acids is 1. The summed E-state index contributed by atoms with van der Waals surface area (Å²) in [4.78, 5) is 12.7. The van der Waals surface area contributed by atoms with Gasteiger partial charge in [0.2, 0.25) is 5.91 Å². The van der Waals surface area contributed by atoms with Crippen LogP contribution in [-0.4, -0.2) is 28.0 Å². The van der Waals surface area contributed by atoms with Crippen LogP contribution in [0, 0.1) is 0 Å². The maximum Gasteiger partial charge on any atom is 0.264 e. The summed E-state index contributed by atoms with van der Waals surface area (Å²) in [7, 11) is -2.62. The van der Waals surface area contributed by atoms with Crippen LogP contribution < -0.4 is 14.4 Å². The van der Waals surface area contributed by atoms with Crippen molar-refractivity contribution in [1.29, 1.82) is 0 Å². The van der Waals surface area contributed by atoms with E-state index in [1.54, 1.807) is 30.3 Å². The molecule has 0 spiro atoms. The minimum absolute atomic E-state index is 0.0582. The molecule has 8 heteroatoms. The summed E-state index contributed by atoms with van der Waals surface area (Å²) in [6.07, 6.45) is 0. The van der Waals surface area contributed by atoms with E-state index in [0.29, 0.717) is 5.02 Å². The van der Waals surface area contributed by atoms with Crippen LogP contribution in [0.4, 0.5) is 5.69 Å². The zero-order valence-electron chi connectivity index (χ0n) is 16.3. The third-order valence-corrected chi connectivity index (χ3v) is 6.37. The van der Waals surface area contributed by atoms with Crippen molar-refractivity contribution < 1.29 is 17.9 Å². The summed E-state index contributed by atoms with van der Waals surface area (Å²) in [5.74, 6) is -0.171. The largest absolute Gasteiger partial charge is 0.495 e. The molecule has 1 N–H and O–H groups in total. The van der Waals surface area contributed by atoms with Crippen LogP contribution in [0.2, 0.25) is 5.02 Å². The Morgan fingerprint density at radius 2 is 1.63 bits per heavy atom. The van der Waals surface area contributed by atoms with E-state index >= 15 is 0 Å². The number of carbonyl (C=O) groups is 1. The van der Waals surface area contributed by atoms with Gasteiger partial charge in [-0.3, -0.25) is 9.10 Å². The van der Waals surface area contributed by atoms with Crippen LogP contribution in [0.3, 0.4) is 0 Å². The van der Waals surface area contributed by atoms with Gasteiger partial charge in [-0.15, -0.1) is 0 Å². The molecule has 0 saturated carbocycles. The summed E-state index contributed by atoms with van der Waals surface area (Å²) in [5.41, 5.74) is 1.09. The summed E-state index contributed by atoms with van der Waals surface area (Å²) >= 11 is 6.11. The Morgan fingerprint density at radius 3 is 2.27 bits per heavy atom. The molecule has 3 aromatic rings. The molecule has 0 fully saturated rings. The zero-order valence-corrected chi connectivity index (χ0v) is 17.9. The van der Waals surface area contributed by atoms with E-state index in [2.05, 4.69) is 5.32 Å². The summed E-state index contributed by atoms with van der Waals surface area (Å²) in [5, 5.41) is 3.08. The topological polar surface area (TPSA) is 75.7 Å². The van der Waals surface area contributed by atoms with Crippen molar-refractivity contribution in [2.45, 2.75) is 11.4 Å². The van der Waals surface area contributed by atoms with Gasteiger partial charge in [-0.25, -0.2) is 8.42 Å². The maximum atomic E-state index is 13.4. The average molecular weight is 445 g/mol. The lowest BCUT2D eigenvalue weighted by atomic mass is 10.2. The molecule has 3 rings (SSSR count). The first-order valence-electron chi connectivity index (χ1n) is 9.14. The molecule has 6 nitrogen and oxygen atoms in total. The molecule has 0 unspecified atom stereocenters. The van der Waals surface area contributed by atoms with E-state index in [-0.39, 0.29) is 22.9 Å². The number of ether oxygens (including phenoxy) is 1. The molecule has 3 aromatic carbocycles. The molecule has 0 radical (unpaired) electrons. The Hall–Kier alpha value is -3.03. The van der Waals surface area contributed by atoms with Crippen LogP contribution in [0.25, 0.3) is 0 Å². The minimum Gasteiger partial charge on any atom is -0.495 e. The first-order chi connectivity index (χ1) is 14.4. The second-order valence-electron chi connectivity index (χ2n) is 6.40. The molecule has 0 aromatic heterocycles. The number of nitrogens with zero attached hydrogens (tertiary/aromatic N) is 1. The van der Waals surface area contributed by atoms with E-state index in [1.165, 1.54) is 25.3 Å². The Kier molecular flexibility index (Phi) is 6.97. The van der Waals surface area contributed by atoms with Crippen molar-refractivity contribution in [3.8, 4) is 5.75 Å². The number of methoxy groups -OCH3 is 1. The molecule has 156 valence electrons. The number of rotatable bonds is 8. The summed E-state index contributed by atoms with van der Waals surface area (Å²) in [6.45, 7) is -0.146. The van der Waals surface area contributed by atoms with Gasteiger partial charge in [0.1, 0.15) is 12.3 Å². The Labute approximate surface area is 181 Å². The number of hydrogen-bond acceptors (Lipinski definition) is 4. The highest BCUT2D eigenvalue weighted by Crippen LogP contribution is 2.34. The van der Waals surface area contributed by atoms with E-state index in [9.17, 15) is 13.2 Å². The van der Waals surface area contributed by atoms with Crippen molar-refractivity contribution >= 4 is 33.2 Å². The number of nitrogens with one attached hydrogen (secondary N) is 1. The third-order valence-electron chi connectivity index (χ3n) is 4.36. The van der Waals surface area contributed by atoms with Gasteiger partial charge in [0.15, 0.2) is 0 Å². The molecule has 0 aliphatic rings. The average Bonchev–Trinajstić information content (AvgIpc) is 2.77. The van der Waals surface area contributed by atoms with Gasteiger partial charge < -0.3 is 10.1 Å². The van der Waals surface area contributed by atoms with Gasteiger partial charge in [0, 0.05) is 11.6 Å². The van der Waals surface area contributed by atoms with E-state index in [1.807, 2.05) is 30.3 Å². The Balaban J connectivity index is 1.94. The number of sulfonamides is 1. The number of halogens is 1. The number of anilines is 1. The highest BCUT2D eigenvalue weighted by molar-refractivity contribution is 7.92. The van der Waals surface area contributed by atoms with Crippen molar-refractivity contribution in [2.24, 2.45) is 0 Å². The predicted molar refractivity (Wildman–Crippen MR) is 117 cm³/mol. The molecular weight excluding hydrogens is 424 g/mol. The summed E-state index contributed by atoms with van der Waals surface area (Å²) in [6, 6.07) is 21.9. The van der Waals surface area contributed by atoms with E-state index < -0.39 is 22.5 Å². The fourth-order valence-electron chi connectivity index (χ4n) is 2.86. The zero-order chi connectivity index (χ0) is 21.6. The molecule has 30 heavy (non-hydrogen) atoms. The predicted octanol–water partition coefficient (Wildman–Crippen LogP) is 3.86. The van der Waals surface area contributed by atoms with E-state index in [4.69, 9.17) is 16.3 Å². The first-order valence-corrected chi connectivity index (χ1v) is 11.0. The monoisotopic (exact) mass is 444 g/mol. The van der Waals surface area contributed by atoms with Crippen molar-refractivity contribution in [1.82, 2.24) is 5.32 Å². The molecular formula is C22H21ClN2O4S. The third kappa shape index (κ3) is 5.11. The highest BCUT2D eigenvalue weighted by Gasteiger charge is 2.29. The van der Waals surface area contributed by atoms with Gasteiger partial charge in [-0.05, 0) is 35.9 Å². The molecule has 0 saturated heterocycles. The van der Waals surface area contributed by atoms with E-state index in [0.717, 1.165) is 9.87 Å². The minimum atomic E-state index is -4.05. The van der Waals surface area contributed by atoms with Gasteiger partial charge in [0.25, 0.3) is 10.0 Å². The highest BCUT2D eigenvalue weighted by atomic mass is 35.5. The Bertz CT molecular complexity index is 1110. The van der Waals surface area contributed by atoms with Crippen molar-refractivity contribution in [3.63, 3.8) is 0 Å². The van der Waals surface area contributed by atoms with Crippen LogP contribution in [0.5, 0.6) is 5.75 Å². The van der Waals surface area contributed by atoms with Crippen LogP contribution >= 0.6 is 11.6 Å². The van der Waals surface area contributed by atoms with Gasteiger partial charge >= 0.3 is 0 Å². The molecule has 0 aliphatic carbocycles. The quantitative estimate of drug-likeness (QED) is 0.572. The van der Waals surface area contributed by atoms with Crippen molar-refractivity contribution in [3.05, 3.63) is 89.4 Å². The van der Waals surface area contributed by atoms with Crippen LogP contribution in [-0.2, 0) is 21.4 Å². The lowest BCUT2D eigenvalue weighted by Crippen LogP contribution is -2.40. The molecule has 0 heterocycles. The number of benzene rings is 3. The standard InChI is InChI=1S/C22H21ClN2O4S/c1-29-21-13-12-18(23)14-20(21)25(30(27,28)19-10-6-3-7-11-19)16-22(26)24-15-17-8-4-2-5-9-17/h2-14H,15-16H2,1H3,(H,24,26).